The minimum absolute atomic E-state index is 0.198. The van der Waals surface area contributed by atoms with Crippen molar-refractivity contribution in [2.45, 2.75) is 27.2 Å². The van der Waals surface area contributed by atoms with E-state index in [1.54, 1.807) is 24.3 Å². The van der Waals surface area contributed by atoms with E-state index in [-0.39, 0.29) is 22.9 Å². The van der Waals surface area contributed by atoms with Crippen LogP contribution < -0.4 is 10.6 Å². The Morgan fingerprint density at radius 3 is 2.69 bits per heavy atom. The summed E-state index contributed by atoms with van der Waals surface area (Å²) in [6.07, 6.45) is -0.198. The predicted octanol–water partition coefficient (Wildman–Crippen LogP) is 3.99. The fourth-order valence-electron chi connectivity index (χ4n) is 2.54. The van der Waals surface area contributed by atoms with Crippen LogP contribution in [0.5, 0.6) is 0 Å². The quantitative estimate of drug-likeness (QED) is 0.502. The Morgan fingerprint density at radius 1 is 1.17 bits per heavy atom. The maximum atomic E-state index is 12.6. The van der Waals surface area contributed by atoms with E-state index in [0.717, 1.165) is 4.90 Å². The van der Waals surface area contributed by atoms with Crippen LogP contribution >= 0.6 is 23.5 Å². The van der Waals surface area contributed by atoms with E-state index >= 15 is 0 Å². The number of hydrogen-bond donors (Lipinski definition) is 2. The number of rotatable bonds is 7. The Bertz CT molecular complexity index is 927. The van der Waals surface area contributed by atoms with E-state index in [9.17, 15) is 23.2 Å². The van der Waals surface area contributed by atoms with Crippen molar-refractivity contribution in [1.82, 2.24) is 0 Å². The van der Waals surface area contributed by atoms with E-state index in [1.165, 1.54) is 23.9 Å². The fraction of sp³-hybridized carbons (Fsp3) is 0.211. The molecule has 1 aliphatic rings. The monoisotopic (exact) mass is 438 g/mol. The molecule has 0 fully saturated rings. The molecule has 10 heteroatoms. The Balaban J connectivity index is 1.50. The van der Waals surface area contributed by atoms with Crippen LogP contribution in [0.15, 0.2) is 58.3 Å². The van der Waals surface area contributed by atoms with Crippen molar-refractivity contribution in [3.8, 4) is 0 Å². The third kappa shape index (κ3) is 5.94. The zero-order valence-electron chi connectivity index (χ0n) is 14.9. The van der Waals surface area contributed by atoms with Gasteiger partial charge < -0.3 is 15.4 Å². The maximum Gasteiger partial charge on any atom is 0.307 e. The van der Waals surface area contributed by atoms with Crippen molar-refractivity contribution >= 4 is 52.7 Å². The number of amides is 2. The molecule has 0 aromatic heterocycles. The highest BCUT2D eigenvalue weighted by atomic mass is 32.2. The zero-order valence-corrected chi connectivity index (χ0v) is 16.5. The van der Waals surface area contributed by atoms with Gasteiger partial charge in [0, 0.05) is 9.79 Å². The summed E-state index contributed by atoms with van der Waals surface area (Å²) < 4.78 is 30.1. The van der Waals surface area contributed by atoms with Crippen LogP contribution in [0.4, 0.5) is 20.2 Å². The first-order valence-electron chi connectivity index (χ1n) is 8.48. The largest absolute Gasteiger partial charge is 0.456 e. The van der Waals surface area contributed by atoms with Crippen molar-refractivity contribution in [2.24, 2.45) is 0 Å². The van der Waals surface area contributed by atoms with Gasteiger partial charge in [0.25, 0.3) is 11.7 Å². The van der Waals surface area contributed by atoms with Crippen molar-refractivity contribution < 1.29 is 27.9 Å². The highest BCUT2D eigenvalue weighted by Gasteiger charge is 2.29. The number of alkyl halides is 2. The van der Waals surface area contributed by atoms with Gasteiger partial charge in [-0.15, -0.1) is 11.8 Å². The number of carbonyl (C=O) groups is 3. The smallest absolute Gasteiger partial charge is 0.307 e. The minimum atomic E-state index is -2.63. The van der Waals surface area contributed by atoms with Gasteiger partial charge in [0.1, 0.15) is 0 Å². The number of fused-ring (bicyclic) bond motifs is 1. The van der Waals surface area contributed by atoms with E-state index < -0.39 is 29.5 Å². The van der Waals surface area contributed by atoms with Crippen LogP contribution in [0, 0.1) is 0 Å². The van der Waals surface area contributed by atoms with E-state index in [1.807, 2.05) is 12.1 Å². The van der Waals surface area contributed by atoms with Crippen LogP contribution in [0.25, 0.3) is 0 Å². The molecule has 0 unspecified atom stereocenters. The lowest BCUT2D eigenvalue weighted by Crippen LogP contribution is -2.32. The first-order chi connectivity index (χ1) is 13.9. The molecule has 6 nitrogen and oxygen atoms in total. The first-order valence-corrected chi connectivity index (χ1v) is 10.2. The van der Waals surface area contributed by atoms with Crippen molar-refractivity contribution in [2.75, 3.05) is 17.2 Å². The van der Waals surface area contributed by atoms with Crippen LogP contribution in [0.1, 0.15) is 6.42 Å². The highest BCUT2D eigenvalue weighted by Crippen LogP contribution is 2.36. The Labute approximate surface area is 173 Å². The number of hydrogen-bond acceptors (Lipinski definition) is 6. The number of thioether (sulfide) groups is 2. The lowest BCUT2D eigenvalue weighted by molar-refractivity contribution is -0.147. The number of anilines is 2. The maximum absolute atomic E-state index is 12.6. The first kappa shape index (κ1) is 21.1. The number of nitrogens with one attached hydrogen (secondary N) is 2. The second-order valence-corrected chi connectivity index (χ2v) is 8.16. The fourth-order valence-corrected chi connectivity index (χ4v) is 4.23. The van der Waals surface area contributed by atoms with Gasteiger partial charge in [-0.3, -0.25) is 14.4 Å². The molecule has 29 heavy (non-hydrogen) atoms. The van der Waals surface area contributed by atoms with Crippen molar-refractivity contribution in [3.05, 3.63) is 48.5 Å². The normalized spacial score (nSPS) is 15.4. The van der Waals surface area contributed by atoms with Gasteiger partial charge in [0.15, 0.2) is 6.61 Å². The van der Waals surface area contributed by atoms with Gasteiger partial charge in [0.2, 0.25) is 5.91 Å². The van der Waals surface area contributed by atoms with Crippen molar-refractivity contribution in [1.29, 1.82) is 0 Å². The Hall–Kier alpha value is -2.59. The number of esters is 1. The molecule has 2 aromatic rings. The van der Waals surface area contributed by atoms with Gasteiger partial charge in [-0.25, -0.2) is 0 Å². The summed E-state index contributed by atoms with van der Waals surface area (Å²) in [5.74, 6) is -4.31. The molecular formula is C19H16F2N2O4S2. The molecule has 1 heterocycles. The molecule has 2 amide bonds. The molecule has 0 spiro atoms. The van der Waals surface area contributed by atoms with Gasteiger partial charge in [0.05, 0.1) is 23.0 Å². The standard InChI is InChI=1S/C19H16F2N2O4S2/c20-19(21)29-14-8-4-1-5-11(14)22-16(24)10-27-17(25)9-15-18(26)23-12-6-2-3-7-13(12)28-15/h1-8,15,19H,9-10H2,(H,22,24)(H,23,26)/t15-/m0/s1. The number of carbonyl (C=O) groups excluding carboxylic acids is 3. The average Bonchev–Trinajstić information content (AvgIpc) is 2.68. The van der Waals surface area contributed by atoms with Crippen molar-refractivity contribution in [3.63, 3.8) is 0 Å². The van der Waals surface area contributed by atoms with E-state index in [0.29, 0.717) is 17.4 Å². The number of halogens is 2. The SMILES string of the molecule is O=C(COC(=O)C[C@@H]1Sc2ccccc2NC1=O)Nc1ccccc1SC(F)F. The molecule has 0 aliphatic carbocycles. The lowest BCUT2D eigenvalue weighted by Gasteiger charge is -2.23. The molecule has 3 rings (SSSR count). The minimum Gasteiger partial charge on any atom is -0.456 e. The lowest BCUT2D eigenvalue weighted by atomic mass is 10.2. The highest BCUT2D eigenvalue weighted by molar-refractivity contribution is 8.01. The number of benzene rings is 2. The third-order valence-electron chi connectivity index (χ3n) is 3.80. The molecule has 1 atom stereocenters. The molecular weight excluding hydrogens is 422 g/mol. The van der Waals surface area contributed by atoms with E-state index in [4.69, 9.17) is 4.74 Å². The average molecular weight is 438 g/mol. The summed E-state index contributed by atoms with van der Waals surface area (Å²) in [6.45, 7) is -0.581. The van der Waals surface area contributed by atoms with Gasteiger partial charge in [-0.2, -0.15) is 8.78 Å². The summed E-state index contributed by atoms with van der Waals surface area (Å²) in [4.78, 5) is 37.2. The predicted molar refractivity (Wildman–Crippen MR) is 107 cm³/mol. The zero-order chi connectivity index (χ0) is 20.8. The summed E-state index contributed by atoms with van der Waals surface area (Å²) in [5.41, 5.74) is 0.893. The summed E-state index contributed by atoms with van der Waals surface area (Å²) in [5, 5.41) is 4.50. The van der Waals surface area contributed by atoms with Gasteiger partial charge in [-0.05, 0) is 24.3 Å². The number of ether oxygens (including phenoxy) is 1. The summed E-state index contributed by atoms with van der Waals surface area (Å²) >= 11 is 1.56. The summed E-state index contributed by atoms with van der Waals surface area (Å²) in [6, 6.07) is 13.3. The van der Waals surface area contributed by atoms with Crippen LogP contribution in [0.3, 0.4) is 0 Å². The van der Waals surface area contributed by atoms with E-state index in [2.05, 4.69) is 10.6 Å². The summed E-state index contributed by atoms with van der Waals surface area (Å²) in [7, 11) is 0. The molecule has 0 bridgehead atoms. The second-order valence-electron chi connectivity index (χ2n) is 5.88. The molecule has 1 aliphatic heterocycles. The molecule has 152 valence electrons. The topological polar surface area (TPSA) is 84.5 Å². The third-order valence-corrected chi connectivity index (χ3v) is 5.86. The molecule has 0 saturated heterocycles. The Kier molecular flexibility index (Phi) is 7.10. The Morgan fingerprint density at radius 2 is 1.90 bits per heavy atom. The van der Waals surface area contributed by atoms with Gasteiger partial charge >= 0.3 is 5.97 Å². The van der Waals surface area contributed by atoms with Crippen LogP contribution in [-0.4, -0.2) is 35.4 Å². The number of para-hydroxylation sites is 2. The molecule has 2 N–H and O–H groups in total. The van der Waals surface area contributed by atoms with Crippen LogP contribution in [-0.2, 0) is 19.1 Å². The van der Waals surface area contributed by atoms with Gasteiger partial charge in [-0.1, -0.05) is 36.0 Å². The molecule has 2 aromatic carbocycles. The second kappa shape index (κ2) is 9.75. The molecule has 0 radical (unpaired) electrons. The van der Waals surface area contributed by atoms with Crippen LogP contribution in [0.2, 0.25) is 0 Å². The molecule has 0 saturated carbocycles.